The summed E-state index contributed by atoms with van der Waals surface area (Å²) in [6.45, 7) is 5.91. The summed E-state index contributed by atoms with van der Waals surface area (Å²) in [6.07, 6.45) is 1.85. The number of rotatable bonds is 4. The van der Waals surface area contributed by atoms with Crippen LogP contribution in [0.4, 0.5) is 0 Å². The molecule has 0 aliphatic rings. The van der Waals surface area contributed by atoms with Crippen molar-refractivity contribution in [1.82, 2.24) is 0 Å². The summed E-state index contributed by atoms with van der Waals surface area (Å²) in [5, 5.41) is 9.89. The number of benzene rings is 2. The molecule has 1 atom stereocenters. The van der Waals surface area contributed by atoms with Gasteiger partial charge >= 0.3 is 0 Å². The Hall–Kier alpha value is -2.33. The third kappa shape index (κ3) is 2.18. The van der Waals surface area contributed by atoms with E-state index in [1.807, 2.05) is 73.7 Å². The molecular formula is C18H17N. The van der Waals surface area contributed by atoms with Gasteiger partial charge in [0.1, 0.15) is 5.41 Å². The molecule has 2 aromatic carbocycles. The van der Waals surface area contributed by atoms with Crippen molar-refractivity contribution < 1.29 is 0 Å². The monoisotopic (exact) mass is 247 g/mol. The molecule has 0 amide bonds. The van der Waals surface area contributed by atoms with E-state index >= 15 is 0 Å². The van der Waals surface area contributed by atoms with Crippen molar-refractivity contribution in [3.63, 3.8) is 0 Å². The highest BCUT2D eigenvalue weighted by Gasteiger charge is 2.38. The Morgan fingerprint density at radius 1 is 1.00 bits per heavy atom. The smallest absolute Gasteiger partial charge is 0.113 e. The SMILES string of the molecule is C=C[C@H](C)C(C#N)(c1ccccc1)c1ccccc1. The molecule has 0 aliphatic carbocycles. The highest BCUT2D eigenvalue weighted by molar-refractivity contribution is 5.47. The topological polar surface area (TPSA) is 23.8 Å². The minimum absolute atomic E-state index is 0.0299. The van der Waals surface area contributed by atoms with E-state index < -0.39 is 5.41 Å². The first-order valence-electron chi connectivity index (χ1n) is 6.40. The second kappa shape index (κ2) is 5.54. The zero-order chi connectivity index (χ0) is 13.7. The van der Waals surface area contributed by atoms with E-state index in [2.05, 4.69) is 12.6 Å². The lowest BCUT2D eigenvalue weighted by Crippen LogP contribution is -2.32. The zero-order valence-corrected chi connectivity index (χ0v) is 11.1. The summed E-state index contributed by atoms with van der Waals surface area (Å²) < 4.78 is 0. The minimum Gasteiger partial charge on any atom is -0.197 e. The van der Waals surface area contributed by atoms with Gasteiger partial charge in [0.25, 0.3) is 0 Å². The van der Waals surface area contributed by atoms with Crippen LogP contribution in [0.15, 0.2) is 73.3 Å². The van der Waals surface area contributed by atoms with E-state index in [0.29, 0.717) is 0 Å². The third-order valence-electron chi connectivity index (χ3n) is 3.67. The van der Waals surface area contributed by atoms with Crippen molar-refractivity contribution >= 4 is 0 Å². The Morgan fingerprint density at radius 2 is 1.42 bits per heavy atom. The van der Waals surface area contributed by atoms with E-state index in [-0.39, 0.29) is 5.92 Å². The molecule has 1 nitrogen and oxygen atoms in total. The zero-order valence-electron chi connectivity index (χ0n) is 11.1. The number of allylic oxidation sites excluding steroid dienone is 1. The largest absolute Gasteiger partial charge is 0.197 e. The fraction of sp³-hybridized carbons (Fsp3) is 0.167. The molecule has 1 heteroatoms. The van der Waals surface area contributed by atoms with Gasteiger partial charge in [-0.25, -0.2) is 0 Å². The van der Waals surface area contributed by atoms with Gasteiger partial charge in [-0.3, -0.25) is 0 Å². The first-order chi connectivity index (χ1) is 9.25. The molecule has 0 aromatic heterocycles. The van der Waals surface area contributed by atoms with Crippen LogP contribution in [-0.2, 0) is 5.41 Å². The summed E-state index contributed by atoms with van der Waals surface area (Å²) in [5.41, 5.74) is 1.34. The molecule has 0 heterocycles. The van der Waals surface area contributed by atoms with Gasteiger partial charge in [-0.1, -0.05) is 73.7 Å². The van der Waals surface area contributed by atoms with Gasteiger partial charge in [-0.05, 0) is 11.1 Å². The number of hydrogen-bond acceptors (Lipinski definition) is 1. The Morgan fingerprint density at radius 3 is 1.74 bits per heavy atom. The number of nitrogens with zero attached hydrogens (tertiary/aromatic N) is 1. The molecule has 0 radical (unpaired) electrons. The first kappa shape index (κ1) is 13.1. The van der Waals surface area contributed by atoms with Crippen LogP contribution in [0.2, 0.25) is 0 Å². The quantitative estimate of drug-likeness (QED) is 0.738. The van der Waals surface area contributed by atoms with Crippen LogP contribution in [0.5, 0.6) is 0 Å². The number of nitriles is 1. The van der Waals surface area contributed by atoms with E-state index in [1.165, 1.54) is 0 Å². The summed E-state index contributed by atoms with van der Waals surface area (Å²) >= 11 is 0. The molecule has 0 saturated heterocycles. The van der Waals surface area contributed by atoms with Crippen LogP contribution in [-0.4, -0.2) is 0 Å². The summed E-state index contributed by atoms with van der Waals surface area (Å²) in [6, 6.07) is 22.4. The average Bonchev–Trinajstić information content (AvgIpc) is 2.50. The molecule has 94 valence electrons. The molecule has 0 N–H and O–H groups in total. The van der Waals surface area contributed by atoms with Gasteiger partial charge in [-0.2, -0.15) is 5.26 Å². The van der Waals surface area contributed by atoms with Crippen LogP contribution in [0.3, 0.4) is 0 Å². The summed E-state index contributed by atoms with van der Waals surface area (Å²) in [4.78, 5) is 0. The van der Waals surface area contributed by atoms with E-state index in [1.54, 1.807) is 0 Å². The van der Waals surface area contributed by atoms with Gasteiger partial charge in [0.2, 0.25) is 0 Å². The van der Waals surface area contributed by atoms with Crippen LogP contribution in [0, 0.1) is 17.2 Å². The lowest BCUT2D eigenvalue weighted by molar-refractivity contribution is 0.512. The molecule has 0 aliphatic heterocycles. The van der Waals surface area contributed by atoms with Crippen molar-refractivity contribution in [3.8, 4) is 6.07 Å². The molecule has 19 heavy (non-hydrogen) atoms. The van der Waals surface area contributed by atoms with Gasteiger partial charge < -0.3 is 0 Å². The second-order valence-electron chi connectivity index (χ2n) is 4.68. The van der Waals surface area contributed by atoms with Crippen LogP contribution in [0.25, 0.3) is 0 Å². The maximum absolute atomic E-state index is 9.89. The first-order valence-corrected chi connectivity index (χ1v) is 6.40. The Kier molecular flexibility index (Phi) is 3.82. The van der Waals surface area contributed by atoms with Gasteiger partial charge in [0, 0.05) is 5.92 Å². The molecular weight excluding hydrogens is 230 g/mol. The lowest BCUT2D eigenvalue weighted by Gasteiger charge is -2.32. The molecule has 0 saturated carbocycles. The Bertz CT molecular complexity index is 539. The van der Waals surface area contributed by atoms with E-state index in [0.717, 1.165) is 11.1 Å². The summed E-state index contributed by atoms with van der Waals surface area (Å²) in [7, 11) is 0. The standard InChI is InChI=1S/C18H17N/c1-3-15(2)18(14-19,16-10-6-4-7-11-16)17-12-8-5-9-13-17/h3-13,15H,1H2,2H3/t15-/m0/s1. The second-order valence-corrected chi connectivity index (χ2v) is 4.68. The van der Waals surface area contributed by atoms with Crippen molar-refractivity contribution in [2.24, 2.45) is 5.92 Å². The van der Waals surface area contributed by atoms with Gasteiger partial charge in [0.15, 0.2) is 0 Å². The van der Waals surface area contributed by atoms with E-state index in [9.17, 15) is 5.26 Å². The predicted octanol–water partition coefficient (Wildman–Crippen LogP) is 4.32. The van der Waals surface area contributed by atoms with Crippen molar-refractivity contribution in [3.05, 3.63) is 84.4 Å². The molecule has 0 fully saturated rings. The van der Waals surface area contributed by atoms with Crippen molar-refractivity contribution in [2.75, 3.05) is 0 Å². The lowest BCUT2D eigenvalue weighted by atomic mass is 9.67. The highest BCUT2D eigenvalue weighted by Crippen LogP contribution is 2.39. The molecule has 0 spiro atoms. The highest BCUT2D eigenvalue weighted by atomic mass is 14.4. The minimum atomic E-state index is -0.676. The average molecular weight is 247 g/mol. The van der Waals surface area contributed by atoms with Gasteiger partial charge in [0.05, 0.1) is 6.07 Å². The van der Waals surface area contributed by atoms with E-state index in [4.69, 9.17) is 0 Å². The summed E-state index contributed by atoms with van der Waals surface area (Å²) in [5.74, 6) is 0.0299. The normalized spacial score (nSPS) is 12.4. The predicted molar refractivity (Wildman–Crippen MR) is 78.6 cm³/mol. The van der Waals surface area contributed by atoms with Crippen LogP contribution < -0.4 is 0 Å². The Labute approximate surface area is 114 Å². The van der Waals surface area contributed by atoms with Crippen molar-refractivity contribution in [1.29, 1.82) is 5.26 Å². The molecule has 0 unspecified atom stereocenters. The maximum atomic E-state index is 9.89. The van der Waals surface area contributed by atoms with Crippen molar-refractivity contribution in [2.45, 2.75) is 12.3 Å². The molecule has 0 bridgehead atoms. The maximum Gasteiger partial charge on any atom is 0.113 e. The molecule has 2 aromatic rings. The Balaban J connectivity index is 2.70. The van der Waals surface area contributed by atoms with Gasteiger partial charge in [-0.15, -0.1) is 6.58 Å². The number of hydrogen-bond donors (Lipinski definition) is 0. The molecule has 2 rings (SSSR count). The van der Waals surface area contributed by atoms with Crippen LogP contribution >= 0.6 is 0 Å². The fourth-order valence-electron chi connectivity index (χ4n) is 2.50. The third-order valence-corrected chi connectivity index (χ3v) is 3.67. The van der Waals surface area contributed by atoms with Crippen LogP contribution in [0.1, 0.15) is 18.1 Å². The fourth-order valence-corrected chi connectivity index (χ4v) is 2.50.